The van der Waals surface area contributed by atoms with E-state index in [9.17, 15) is 0 Å². The highest BCUT2D eigenvalue weighted by Crippen LogP contribution is 2.12. The number of nitrogens with one attached hydrogen (secondary N) is 1. The third-order valence-corrected chi connectivity index (χ3v) is 2.36. The van der Waals surface area contributed by atoms with Gasteiger partial charge in [0.2, 0.25) is 11.8 Å². The number of rotatable bonds is 7. The van der Waals surface area contributed by atoms with Crippen molar-refractivity contribution in [1.82, 2.24) is 9.97 Å². The van der Waals surface area contributed by atoms with Crippen molar-refractivity contribution in [3.63, 3.8) is 0 Å². The quantitative estimate of drug-likeness (QED) is 0.740. The molecule has 0 unspecified atom stereocenters. The van der Waals surface area contributed by atoms with Crippen molar-refractivity contribution in [2.45, 2.75) is 40.5 Å². The van der Waals surface area contributed by atoms with E-state index in [0.29, 0.717) is 18.4 Å². The molecule has 0 aliphatic carbocycles. The molecule has 0 spiro atoms. The summed E-state index contributed by atoms with van der Waals surface area (Å²) in [6.45, 7) is 9.90. The molecule has 0 fully saturated rings. The van der Waals surface area contributed by atoms with E-state index >= 15 is 0 Å². The largest absolute Gasteiger partial charge is 0.478 e. The second-order valence-corrected chi connectivity index (χ2v) is 4.57. The summed E-state index contributed by atoms with van der Waals surface area (Å²) in [5.41, 5.74) is 0.926. The first-order chi connectivity index (χ1) is 8.11. The second kappa shape index (κ2) is 7.09. The van der Waals surface area contributed by atoms with E-state index in [2.05, 4.69) is 29.1 Å². The summed E-state index contributed by atoms with van der Waals surface area (Å²) in [5.74, 6) is 2.05. The first kappa shape index (κ1) is 13.7. The van der Waals surface area contributed by atoms with Crippen molar-refractivity contribution in [2.75, 3.05) is 18.5 Å². The van der Waals surface area contributed by atoms with Crippen LogP contribution < -0.4 is 10.1 Å². The van der Waals surface area contributed by atoms with Gasteiger partial charge in [-0.3, -0.25) is 0 Å². The van der Waals surface area contributed by atoms with Crippen molar-refractivity contribution in [1.29, 1.82) is 0 Å². The van der Waals surface area contributed by atoms with Gasteiger partial charge in [0.25, 0.3) is 0 Å². The van der Waals surface area contributed by atoms with Crippen molar-refractivity contribution >= 4 is 5.95 Å². The monoisotopic (exact) mass is 237 g/mol. The Morgan fingerprint density at radius 1 is 1.35 bits per heavy atom. The minimum Gasteiger partial charge on any atom is -0.478 e. The molecule has 0 saturated heterocycles. The Hall–Kier alpha value is -1.32. The maximum atomic E-state index is 5.38. The van der Waals surface area contributed by atoms with Gasteiger partial charge in [0.15, 0.2) is 0 Å². The van der Waals surface area contributed by atoms with Crippen molar-refractivity contribution in [2.24, 2.45) is 5.92 Å². The minimum absolute atomic E-state index is 0.628. The molecular formula is C13H23N3O. The molecule has 0 aromatic carbocycles. The number of nitrogens with zero attached hydrogens (tertiary/aromatic N) is 2. The van der Waals surface area contributed by atoms with E-state index in [1.54, 1.807) is 0 Å². The molecule has 0 amide bonds. The Kier molecular flexibility index (Phi) is 5.73. The van der Waals surface area contributed by atoms with Crippen molar-refractivity contribution in [3.05, 3.63) is 11.8 Å². The Labute approximate surface area is 104 Å². The Morgan fingerprint density at radius 2 is 2.12 bits per heavy atom. The van der Waals surface area contributed by atoms with E-state index in [0.717, 1.165) is 24.6 Å². The van der Waals surface area contributed by atoms with Gasteiger partial charge in [-0.25, -0.2) is 4.98 Å². The van der Waals surface area contributed by atoms with E-state index in [-0.39, 0.29) is 0 Å². The summed E-state index contributed by atoms with van der Waals surface area (Å²) in [5, 5.41) is 3.24. The van der Waals surface area contributed by atoms with Gasteiger partial charge in [0.05, 0.1) is 6.61 Å². The zero-order valence-electron chi connectivity index (χ0n) is 11.3. The van der Waals surface area contributed by atoms with Crippen LogP contribution in [0.2, 0.25) is 0 Å². The van der Waals surface area contributed by atoms with Gasteiger partial charge >= 0.3 is 0 Å². The number of hydrogen-bond acceptors (Lipinski definition) is 4. The Bertz CT molecular complexity index is 339. The summed E-state index contributed by atoms with van der Waals surface area (Å²) in [4.78, 5) is 8.63. The maximum absolute atomic E-state index is 5.38. The molecule has 1 aromatic rings. The second-order valence-electron chi connectivity index (χ2n) is 4.57. The summed E-state index contributed by atoms with van der Waals surface area (Å²) >= 11 is 0. The molecule has 0 bridgehead atoms. The summed E-state index contributed by atoms with van der Waals surface area (Å²) in [6, 6.07) is 1.85. The van der Waals surface area contributed by atoms with Gasteiger partial charge in [0.1, 0.15) is 0 Å². The van der Waals surface area contributed by atoms with Crippen LogP contribution >= 0.6 is 0 Å². The van der Waals surface area contributed by atoms with Gasteiger partial charge in [-0.05, 0) is 32.6 Å². The van der Waals surface area contributed by atoms with E-state index < -0.39 is 0 Å². The zero-order chi connectivity index (χ0) is 12.7. The molecule has 96 valence electrons. The molecule has 1 rings (SSSR count). The van der Waals surface area contributed by atoms with Crippen LogP contribution in [-0.4, -0.2) is 23.1 Å². The fraction of sp³-hybridized carbons (Fsp3) is 0.692. The van der Waals surface area contributed by atoms with Crippen LogP contribution in [0.1, 0.15) is 39.3 Å². The molecule has 0 radical (unpaired) electrons. The minimum atomic E-state index is 0.628. The van der Waals surface area contributed by atoms with Crippen LogP contribution in [0.3, 0.4) is 0 Å². The lowest BCUT2D eigenvalue weighted by atomic mass is 10.1. The van der Waals surface area contributed by atoms with Crippen LogP contribution in [0, 0.1) is 12.8 Å². The van der Waals surface area contributed by atoms with E-state index in [1.165, 1.54) is 6.42 Å². The molecule has 0 saturated carbocycles. The Morgan fingerprint density at radius 3 is 2.76 bits per heavy atom. The van der Waals surface area contributed by atoms with Gasteiger partial charge in [-0.1, -0.05) is 13.8 Å². The number of ether oxygens (including phenoxy) is 1. The number of anilines is 1. The number of aryl methyl sites for hydroxylation is 1. The average Bonchev–Trinajstić information content (AvgIpc) is 2.24. The molecule has 1 heterocycles. The third-order valence-electron chi connectivity index (χ3n) is 2.36. The lowest BCUT2D eigenvalue weighted by Gasteiger charge is -2.09. The topological polar surface area (TPSA) is 47.0 Å². The van der Waals surface area contributed by atoms with Crippen LogP contribution in [0.15, 0.2) is 6.07 Å². The highest BCUT2D eigenvalue weighted by molar-refractivity contribution is 5.30. The average molecular weight is 237 g/mol. The summed E-state index contributed by atoms with van der Waals surface area (Å²) in [6.07, 6.45) is 2.36. The molecule has 17 heavy (non-hydrogen) atoms. The number of hydrogen-bond donors (Lipinski definition) is 1. The van der Waals surface area contributed by atoms with Crippen LogP contribution in [0.4, 0.5) is 5.95 Å². The first-order valence-corrected chi connectivity index (χ1v) is 6.34. The molecule has 4 heteroatoms. The van der Waals surface area contributed by atoms with E-state index in [4.69, 9.17) is 4.74 Å². The molecule has 0 aliphatic rings. The predicted octanol–water partition coefficient (Wildman–Crippen LogP) is 3.03. The smallest absolute Gasteiger partial charge is 0.226 e. The first-order valence-electron chi connectivity index (χ1n) is 6.34. The molecule has 1 aromatic heterocycles. The number of aromatic nitrogens is 2. The molecule has 0 atom stereocenters. The van der Waals surface area contributed by atoms with Gasteiger partial charge in [-0.15, -0.1) is 0 Å². The van der Waals surface area contributed by atoms with Gasteiger partial charge in [-0.2, -0.15) is 4.98 Å². The standard InChI is InChI=1S/C13H23N3O/c1-5-17-12-9-11(4)15-13(16-12)14-8-6-7-10(2)3/h9-10H,5-8H2,1-4H3,(H,14,15,16). The molecule has 4 nitrogen and oxygen atoms in total. The van der Waals surface area contributed by atoms with Gasteiger partial charge < -0.3 is 10.1 Å². The fourth-order valence-corrected chi connectivity index (χ4v) is 1.55. The maximum Gasteiger partial charge on any atom is 0.226 e. The normalized spacial score (nSPS) is 10.6. The Balaban J connectivity index is 2.46. The molecule has 0 aliphatic heterocycles. The van der Waals surface area contributed by atoms with Gasteiger partial charge in [0, 0.05) is 18.3 Å². The van der Waals surface area contributed by atoms with Crippen molar-refractivity contribution < 1.29 is 4.74 Å². The summed E-state index contributed by atoms with van der Waals surface area (Å²) < 4.78 is 5.38. The molecule has 1 N–H and O–H groups in total. The zero-order valence-corrected chi connectivity index (χ0v) is 11.3. The van der Waals surface area contributed by atoms with Crippen LogP contribution in [0.5, 0.6) is 5.88 Å². The predicted molar refractivity (Wildman–Crippen MR) is 70.5 cm³/mol. The lowest BCUT2D eigenvalue weighted by molar-refractivity contribution is 0.326. The molecular weight excluding hydrogens is 214 g/mol. The SMILES string of the molecule is CCOc1cc(C)nc(NCCCC(C)C)n1. The third kappa shape index (κ3) is 5.52. The fourth-order valence-electron chi connectivity index (χ4n) is 1.55. The highest BCUT2D eigenvalue weighted by atomic mass is 16.5. The highest BCUT2D eigenvalue weighted by Gasteiger charge is 2.02. The van der Waals surface area contributed by atoms with Crippen LogP contribution in [-0.2, 0) is 0 Å². The van der Waals surface area contributed by atoms with Crippen molar-refractivity contribution in [3.8, 4) is 5.88 Å². The van der Waals surface area contributed by atoms with Crippen LogP contribution in [0.25, 0.3) is 0 Å². The summed E-state index contributed by atoms with van der Waals surface area (Å²) in [7, 11) is 0. The van der Waals surface area contributed by atoms with E-state index in [1.807, 2.05) is 19.9 Å². The lowest BCUT2D eigenvalue weighted by Crippen LogP contribution is -2.08.